The van der Waals surface area contributed by atoms with Crippen LogP contribution in [0.15, 0.2) is 0 Å². The number of hydrogen-bond acceptors (Lipinski definition) is 6. The quantitative estimate of drug-likeness (QED) is 0.777. The van der Waals surface area contributed by atoms with Crippen molar-refractivity contribution < 1.29 is 9.59 Å². The van der Waals surface area contributed by atoms with E-state index < -0.39 is 6.04 Å². The van der Waals surface area contributed by atoms with Crippen molar-refractivity contribution in [1.29, 1.82) is 0 Å². The van der Waals surface area contributed by atoms with Gasteiger partial charge in [-0.2, -0.15) is 0 Å². The van der Waals surface area contributed by atoms with Gasteiger partial charge in [-0.15, -0.1) is 0 Å². The zero-order valence-corrected chi connectivity index (χ0v) is 12.1. The highest BCUT2D eigenvalue weighted by molar-refractivity contribution is 6.04. The Morgan fingerprint density at radius 2 is 2.05 bits per heavy atom. The van der Waals surface area contributed by atoms with E-state index in [0.717, 1.165) is 17.9 Å². The van der Waals surface area contributed by atoms with Gasteiger partial charge < -0.3 is 10.2 Å². The second kappa shape index (κ2) is 5.44. The van der Waals surface area contributed by atoms with Crippen LogP contribution in [0.4, 0.5) is 11.6 Å². The molecule has 0 aliphatic carbocycles. The molecule has 1 fully saturated rings. The third kappa shape index (κ3) is 2.56. The number of nitrogens with zero attached hydrogens (tertiary/aromatic N) is 3. The highest BCUT2D eigenvalue weighted by Crippen LogP contribution is 2.26. The molecule has 7 heteroatoms. The fraction of sp³-hybridized carbons (Fsp3) is 0.538. The van der Waals surface area contributed by atoms with Crippen LogP contribution in [0, 0.1) is 13.8 Å². The van der Waals surface area contributed by atoms with Crippen LogP contribution in [-0.2, 0) is 9.59 Å². The predicted molar refractivity (Wildman–Crippen MR) is 75.6 cm³/mol. The first-order valence-electron chi connectivity index (χ1n) is 6.63. The van der Waals surface area contributed by atoms with Crippen LogP contribution in [0.1, 0.15) is 25.2 Å². The Balaban J connectivity index is 2.45. The first-order chi connectivity index (χ1) is 9.43. The highest BCUT2D eigenvalue weighted by atomic mass is 16.2. The first-order valence-corrected chi connectivity index (χ1v) is 6.63. The van der Waals surface area contributed by atoms with Crippen LogP contribution in [0.5, 0.6) is 0 Å². The molecule has 2 amide bonds. The minimum atomic E-state index is -0.435. The van der Waals surface area contributed by atoms with Crippen LogP contribution in [0.2, 0.25) is 0 Å². The maximum Gasteiger partial charge on any atom is 0.249 e. The Labute approximate surface area is 117 Å². The number of anilines is 2. The molecule has 2 N–H and O–H groups in total. The number of carbonyl (C=O) groups is 2. The molecule has 0 aromatic carbocycles. The van der Waals surface area contributed by atoms with Crippen molar-refractivity contribution in [2.45, 2.75) is 33.7 Å². The van der Waals surface area contributed by atoms with Gasteiger partial charge >= 0.3 is 0 Å². The van der Waals surface area contributed by atoms with Crippen molar-refractivity contribution in [3.8, 4) is 0 Å². The molecule has 1 saturated heterocycles. The summed E-state index contributed by atoms with van der Waals surface area (Å²) in [5.41, 5.74) is 0.840. The van der Waals surface area contributed by atoms with E-state index in [1.165, 1.54) is 0 Å². The molecule has 1 aliphatic heterocycles. The normalized spacial score (nSPS) is 19.0. The van der Waals surface area contributed by atoms with Crippen molar-refractivity contribution in [3.63, 3.8) is 0 Å². The number of nitrogens with one attached hydrogen (secondary N) is 2. The van der Waals surface area contributed by atoms with Gasteiger partial charge in [0.15, 0.2) is 0 Å². The lowest BCUT2D eigenvalue weighted by Gasteiger charge is -2.33. The summed E-state index contributed by atoms with van der Waals surface area (Å²) in [5.74, 6) is 1.35. The fourth-order valence-corrected chi connectivity index (χ4v) is 2.21. The second-order valence-electron chi connectivity index (χ2n) is 4.81. The maximum atomic E-state index is 11.8. The van der Waals surface area contributed by atoms with Crippen LogP contribution in [-0.4, -0.2) is 40.9 Å². The monoisotopic (exact) mass is 277 g/mol. The lowest BCUT2D eigenvalue weighted by molar-refractivity contribution is -0.132. The highest BCUT2D eigenvalue weighted by Gasteiger charge is 2.32. The van der Waals surface area contributed by atoms with Crippen molar-refractivity contribution in [1.82, 2.24) is 15.3 Å². The van der Waals surface area contributed by atoms with Gasteiger partial charge in [0.25, 0.3) is 0 Å². The largest absolute Gasteiger partial charge is 0.370 e. The van der Waals surface area contributed by atoms with Gasteiger partial charge in [-0.1, -0.05) is 0 Å². The van der Waals surface area contributed by atoms with E-state index in [-0.39, 0.29) is 18.4 Å². The summed E-state index contributed by atoms with van der Waals surface area (Å²) in [6, 6.07) is -0.435. The Hall–Kier alpha value is -2.18. The van der Waals surface area contributed by atoms with Crippen molar-refractivity contribution >= 4 is 23.5 Å². The molecule has 0 bridgehead atoms. The number of piperazine rings is 1. The summed E-state index contributed by atoms with van der Waals surface area (Å²) in [7, 11) is 0. The van der Waals surface area contributed by atoms with E-state index in [2.05, 4.69) is 20.6 Å². The zero-order chi connectivity index (χ0) is 14.9. The number of rotatable bonds is 3. The molecule has 0 radical (unpaired) electrons. The minimum absolute atomic E-state index is 0.121. The Bertz CT molecular complexity index is 558. The number of amides is 2. The lowest BCUT2D eigenvalue weighted by Crippen LogP contribution is -2.57. The third-order valence-electron chi connectivity index (χ3n) is 3.27. The van der Waals surface area contributed by atoms with Crippen LogP contribution >= 0.6 is 0 Å². The molecular formula is C13H19N5O2. The standard InChI is InChI=1S/C13H19N5O2/c1-5-14-11-7(2)12(16-9(4)15-11)18-6-10(19)17-13(20)8(18)3/h8H,5-6H2,1-4H3,(H,14,15,16)(H,17,19,20). The third-order valence-corrected chi connectivity index (χ3v) is 3.27. The van der Waals surface area contributed by atoms with Crippen molar-refractivity contribution in [2.75, 3.05) is 23.3 Å². The van der Waals surface area contributed by atoms with Gasteiger partial charge in [0.2, 0.25) is 11.8 Å². The number of aryl methyl sites for hydroxylation is 1. The number of imide groups is 1. The van der Waals surface area contributed by atoms with E-state index in [0.29, 0.717) is 11.6 Å². The Morgan fingerprint density at radius 1 is 1.35 bits per heavy atom. The molecule has 1 atom stereocenters. The average molecular weight is 277 g/mol. The average Bonchev–Trinajstić information content (AvgIpc) is 2.38. The van der Waals surface area contributed by atoms with Crippen molar-refractivity contribution in [2.24, 2.45) is 0 Å². The number of carbonyl (C=O) groups excluding carboxylic acids is 2. The molecule has 0 saturated carbocycles. The Morgan fingerprint density at radius 3 is 2.70 bits per heavy atom. The summed E-state index contributed by atoms with van der Waals surface area (Å²) in [5, 5.41) is 5.49. The first kappa shape index (κ1) is 14.2. The lowest BCUT2D eigenvalue weighted by atomic mass is 10.1. The van der Waals surface area contributed by atoms with Gasteiger partial charge in [0.1, 0.15) is 23.5 Å². The van der Waals surface area contributed by atoms with E-state index in [4.69, 9.17) is 0 Å². The van der Waals surface area contributed by atoms with Gasteiger partial charge in [-0.3, -0.25) is 14.9 Å². The van der Waals surface area contributed by atoms with Gasteiger partial charge in [0.05, 0.1) is 6.54 Å². The topological polar surface area (TPSA) is 87.2 Å². The number of hydrogen-bond donors (Lipinski definition) is 2. The molecule has 0 spiro atoms. The zero-order valence-electron chi connectivity index (χ0n) is 12.1. The number of aromatic nitrogens is 2. The van der Waals surface area contributed by atoms with E-state index in [1.807, 2.05) is 13.8 Å². The van der Waals surface area contributed by atoms with E-state index >= 15 is 0 Å². The molecule has 1 aliphatic rings. The Kier molecular flexibility index (Phi) is 3.87. The molecule has 20 heavy (non-hydrogen) atoms. The van der Waals surface area contributed by atoms with Gasteiger partial charge in [0, 0.05) is 12.1 Å². The van der Waals surface area contributed by atoms with E-state index in [1.54, 1.807) is 18.7 Å². The molecule has 2 heterocycles. The molecule has 108 valence electrons. The van der Waals surface area contributed by atoms with Crippen LogP contribution in [0.3, 0.4) is 0 Å². The molecule has 1 aromatic heterocycles. The summed E-state index contributed by atoms with van der Waals surface area (Å²) >= 11 is 0. The smallest absolute Gasteiger partial charge is 0.249 e. The molecule has 1 aromatic rings. The summed E-state index contributed by atoms with van der Waals surface area (Å²) in [6.45, 7) is 8.28. The molecule has 2 rings (SSSR count). The van der Waals surface area contributed by atoms with Gasteiger partial charge in [-0.05, 0) is 27.7 Å². The molecule has 1 unspecified atom stereocenters. The van der Waals surface area contributed by atoms with Crippen molar-refractivity contribution in [3.05, 3.63) is 11.4 Å². The minimum Gasteiger partial charge on any atom is -0.370 e. The van der Waals surface area contributed by atoms with Gasteiger partial charge in [-0.25, -0.2) is 9.97 Å². The summed E-state index contributed by atoms with van der Waals surface area (Å²) in [6.07, 6.45) is 0. The molecular weight excluding hydrogens is 258 g/mol. The van der Waals surface area contributed by atoms with Crippen LogP contribution < -0.4 is 15.5 Å². The SMILES string of the molecule is CCNc1nc(C)nc(N2CC(=O)NC(=O)C2C)c1C. The predicted octanol–water partition coefficient (Wildman–Crippen LogP) is 0.377. The maximum absolute atomic E-state index is 11.8. The fourth-order valence-electron chi connectivity index (χ4n) is 2.21. The second-order valence-corrected chi connectivity index (χ2v) is 4.81. The summed E-state index contributed by atoms with van der Waals surface area (Å²) < 4.78 is 0. The molecule has 7 nitrogen and oxygen atoms in total. The van der Waals surface area contributed by atoms with Crippen LogP contribution in [0.25, 0.3) is 0 Å². The summed E-state index contributed by atoms with van der Waals surface area (Å²) in [4.78, 5) is 33.8. The van der Waals surface area contributed by atoms with E-state index in [9.17, 15) is 9.59 Å².